The topological polar surface area (TPSA) is 39.9 Å². The van der Waals surface area contributed by atoms with Crippen LogP contribution in [-0.2, 0) is 6.42 Å². The summed E-state index contributed by atoms with van der Waals surface area (Å²) in [5.41, 5.74) is 4.01. The highest BCUT2D eigenvalue weighted by atomic mass is 32.1. The molecule has 0 saturated heterocycles. The van der Waals surface area contributed by atoms with Crippen molar-refractivity contribution in [1.29, 1.82) is 0 Å². The van der Waals surface area contributed by atoms with E-state index in [-0.39, 0.29) is 5.75 Å². The quantitative estimate of drug-likeness (QED) is 0.249. The fraction of sp³-hybridized carbons (Fsp3) is 0.222. The molecule has 3 aromatic carbocycles. The highest BCUT2D eigenvalue weighted by Crippen LogP contribution is 2.50. The van der Waals surface area contributed by atoms with Gasteiger partial charge in [0, 0.05) is 12.0 Å². The number of hydrogen-bond acceptors (Lipinski definition) is 4. The highest BCUT2D eigenvalue weighted by molar-refractivity contribution is 7.80. The lowest BCUT2D eigenvalue weighted by Gasteiger charge is -2.09. The first kappa shape index (κ1) is 23.2. The van der Waals surface area contributed by atoms with Crippen molar-refractivity contribution in [2.45, 2.75) is 31.5 Å². The maximum atomic E-state index is 12.3. The third kappa shape index (κ3) is 5.95. The van der Waals surface area contributed by atoms with Gasteiger partial charge in [0.2, 0.25) is 0 Å². The summed E-state index contributed by atoms with van der Waals surface area (Å²) < 4.78 is 42.4. The molecule has 1 heterocycles. The summed E-state index contributed by atoms with van der Waals surface area (Å²) in [6.45, 7) is 0. The van der Waals surface area contributed by atoms with Crippen LogP contribution in [0.15, 0.2) is 85.2 Å². The van der Waals surface area contributed by atoms with Gasteiger partial charge < -0.3 is 4.74 Å². The van der Waals surface area contributed by atoms with Crippen LogP contribution in [0.2, 0.25) is 0 Å². The van der Waals surface area contributed by atoms with Gasteiger partial charge in [0.25, 0.3) is 0 Å². The lowest BCUT2D eigenvalue weighted by Crippen LogP contribution is -2.17. The van der Waals surface area contributed by atoms with Crippen LogP contribution in [-0.4, -0.2) is 26.0 Å². The zero-order chi connectivity index (χ0) is 24.4. The summed E-state index contributed by atoms with van der Waals surface area (Å²) >= 11 is 5.64. The predicted octanol–water partition coefficient (Wildman–Crippen LogP) is 6.94. The predicted molar refractivity (Wildman–Crippen MR) is 132 cm³/mol. The van der Waals surface area contributed by atoms with Crippen LogP contribution in [0.25, 0.3) is 17.1 Å². The van der Waals surface area contributed by atoms with Crippen LogP contribution in [0, 0.1) is 5.92 Å². The molecule has 8 heteroatoms. The van der Waals surface area contributed by atoms with E-state index >= 15 is 0 Å². The van der Waals surface area contributed by atoms with Crippen molar-refractivity contribution < 1.29 is 17.9 Å². The Bertz CT molecular complexity index is 1300. The maximum Gasteiger partial charge on any atom is 0.573 e. The number of aromatic nitrogens is 3. The van der Waals surface area contributed by atoms with E-state index in [9.17, 15) is 13.2 Å². The number of benzene rings is 3. The molecule has 2 atom stereocenters. The van der Waals surface area contributed by atoms with Crippen molar-refractivity contribution in [2.24, 2.45) is 5.92 Å². The molecule has 0 spiro atoms. The Morgan fingerprint density at radius 2 is 1.69 bits per heavy atom. The zero-order valence-electron chi connectivity index (χ0n) is 18.7. The van der Waals surface area contributed by atoms with Crippen LogP contribution in [0.4, 0.5) is 13.2 Å². The minimum Gasteiger partial charge on any atom is -0.406 e. The molecule has 2 unspecified atom stereocenters. The van der Waals surface area contributed by atoms with E-state index in [1.165, 1.54) is 46.4 Å². The molecule has 4 nitrogen and oxygen atoms in total. The smallest absolute Gasteiger partial charge is 0.406 e. The SMILES string of the molecule is FC(F)(F)Oc1ccc(-n2cnc(-c3ccc(C4CC4CC(=S)Cc4ccccc4)cc3)n2)cc1. The maximum absolute atomic E-state index is 12.3. The summed E-state index contributed by atoms with van der Waals surface area (Å²) in [7, 11) is 0. The molecule has 1 aromatic heterocycles. The molecule has 1 fully saturated rings. The average molecular weight is 494 g/mol. The summed E-state index contributed by atoms with van der Waals surface area (Å²) in [6, 6.07) is 24.1. The van der Waals surface area contributed by atoms with Gasteiger partial charge in [-0.2, -0.15) is 0 Å². The zero-order valence-corrected chi connectivity index (χ0v) is 19.5. The molecule has 5 rings (SSSR count). The standard InChI is InChI=1S/C27H22F3N3OS/c28-27(29,30)34-23-12-10-22(11-13-23)33-17-31-26(32-33)20-8-6-19(7-9-20)25-16-21(25)15-24(35)14-18-4-2-1-3-5-18/h1-13,17,21,25H,14-16H2. The van der Waals surface area contributed by atoms with Gasteiger partial charge in [-0.15, -0.1) is 18.3 Å². The number of nitrogens with zero attached hydrogens (tertiary/aromatic N) is 3. The van der Waals surface area contributed by atoms with Crippen molar-refractivity contribution in [3.05, 3.63) is 96.3 Å². The summed E-state index contributed by atoms with van der Waals surface area (Å²) in [6.07, 6.45) is -0.217. The Morgan fingerprint density at radius 1 is 0.971 bits per heavy atom. The van der Waals surface area contributed by atoms with Gasteiger partial charge in [-0.25, -0.2) is 9.67 Å². The third-order valence-corrected chi connectivity index (χ3v) is 6.39. The van der Waals surface area contributed by atoms with E-state index in [0.29, 0.717) is 23.3 Å². The number of ether oxygens (including phenoxy) is 1. The van der Waals surface area contributed by atoms with Crippen molar-refractivity contribution >= 4 is 17.1 Å². The van der Waals surface area contributed by atoms with Crippen LogP contribution < -0.4 is 4.74 Å². The van der Waals surface area contributed by atoms with Crippen LogP contribution >= 0.6 is 12.2 Å². The fourth-order valence-corrected chi connectivity index (χ4v) is 4.65. The minimum absolute atomic E-state index is 0.281. The van der Waals surface area contributed by atoms with Gasteiger partial charge in [-0.1, -0.05) is 66.8 Å². The van der Waals surface area contributed by atoms with Crippen molar-refractivity contribution in [3.8, 4) is 22.8 Å². The van der Waals surface area contributed by atoms with E-state index < -0.39 is 6.36 Å². The first-order valence-corrected chi connectivity index (χ1v) is 11.7. The Morgan fingerprint density at radius 3 is 2.37 bits per heavy atom. The molecule has 4 aromatic rings. The molecule has 0 radical (unpaired) electrons. The van der Waals surface area contributed by atoms with Gasteiger partial charge in [0.05, 0.1) is 5.69 Å². The molecule has 1 aliphatic rings. The molecule has 0 aliphatic heterocycles. The highest BCUT2D eigenvalue weighted by Gasteiger charge is 2.38. The molecule has 178 valence electrons. The largest absolute Gasteiger partial charge is 0.573 e. The van der Waals surface area contributed by atoms with E-state index in [1.807, 2.05) is 30.3 Å². The number of thiocarbonyl (C=S) groups is 1. The van der Waals surface area contributed by atoms with Gasteiger partial charge in [0.15, 0.2) is 5.82 Å². The van der Waals surface area contributed by atoms with Gasteiger partial charge in [-0.05, 0) is 64.9 Å². The number of rotatable bonds is 8. The molecule has 1 saturated carbocycles. The first-order valence-electron chi connectivity index (χ1n) is 11.3. The first-order chi connectivity index (χ1) is 16.8. The van der Waals surface area contributed by atoms with Crippen molar-refractivity contribution in [1.82, 2.24) is 14.8 Å². The molecular weight excluding hydrogens is 471 g/mol. The van der Waals surface area contributed by atoms with Crippen LogP contribution in [0.5, 0.6) is 5.75 Å². The molecule has 35 heavy (non-hydrogen) atoms. The molecule has 1 aliphatic carbocycles. The summed E-state index contributed by atoms with van der Waals surface area (Å²) in [5, 5.41) is 4.46. The van der Waals surface area contributed by atoms with Crippen LogP contribution in [0.3, 0.4) is 0 Å². The summed E-state index contributed by atoms with van der Waals surface area (Å²) in [5.74, 6) is 1.39. The van der Waals surface area contributed by atoms with Crippen molar-refractivity contribution in [2.75, 3.05) is 0 Å². The molecule has 0 N–H and O–H groups in total. The number of halogens is 3. The Kier molecular flexibility index (Phi) is 6.38. The number of hydrogen-bond donors (Lipinski definition) is 0. The van der Waals surface area contributed by atoms with Crippen LogP contribution in [0.1, 0.15) is 29.9 Å². The lowest BCUT2D eigenvalue weighted by atomic mass is 10.0. The second kappa shape index (κ2) is 9.62. The second-order valence-corrected chi connectivity index (χ2v) is 9.26. The van der Waals surface area contributed by atoms with Gasteiger partial charge in [-0.3, -0.25) is 0 Å². The second-order valence-electron chi connectivity index (χ2n) is 8.68. The third-order valence-electron chi connectivity index (χ3n) is 6.08. The molecule has 0 bridgehead atoms. The fourth-order valence-electron chi connectivity index (χ4n) is 4.27. The Balaban J connectivity index is 1.18. The Labute approximate surface area is 206 Å². The van der Waals surface area contributed by atoms with E-state index in [4.69, 9.17) is 12.2 Å². The van der Waals surface area contributed by atoms with E-state index in [2.05, 4.69) is 39.1 Å². The number of alkyl halides is 3. The molecule has 0 amide bonds. The van der Waals surface area contributed by atoms with Crippen molar-refractivity contribution in [3.63, 3.8) is 0 Å². The van der Waals surface area contributed by atoms with E-state index in [0.717, 1.165) is 29.7 Å². The lowest BCUT2D eigenvalue weighted by molar-refractivity contribution is -0.274. The van der Waals surface area contributed by atoms with E-state index in [1.54, 1.807) is 0 Å². The monoisotopic (exact) mass is 493 g/mol. The van der Waals surface area contributed by atoms with Gasteiger partial charge >= 0.3 is 6.36 Å². The average Bonchev–Trinajstić information content (AvgIpc) is 3.41. The normalized spacial score (nSPS) is 17.2. The van der Waals surface area contributed by atoms with Gasteiger partial charge in [0.1, 0.15) is 12.1 Å². The molecular formula is C27H22F3N3OS. The minimum atomic E-state index is -4.72. The Hall–Kier alpha value is -3.52. The summed E-state index contributed by atoms with van der Waals surface area (Å²) in [4.78, 5) is 5.46.